The minimum atomic E-state index is -0.309. The van der Waals surface area contributed by atoms with Crippen LogP contribution >= 0.6 is 11.8 Å². The van der Waals surface area contributed by atoms with Crippen LogP contribution in [0.25, 0.3) is 10.9 Å². The van der Waals surface area contributed by atoms with Gasteiger partial charge < -0.3 is 14.5 Å². The summed E-state index contributed by atoms with van der Waals surface area (Å²) < 4.78 is 19.5. The summed E-state index contributed by atoms with van der Waals surface area (Å²) in [5, 5.41) is 0.730. The molecular weight excluding hydrogens is 429 g/mol. The molecule has 2 aliphatic heterocycles. The van der Waals surface area contributed by atoms with Crippen molar-refractivity contribution in [2.45, 2.75) is 61.5 Å². The standard InChI is InChI=1S/C24H28FN3O3S/c25-17-4-5-20-19(14-17)21(6-11-26-20)32-15-22(29)27-12-7-18(8-13-27)28-16-24(31-23(28)30)9-2-1-3-10-24/h4-6,11,14,18H,1-3,7-10,12-13,15-16H2. The Balaban J connectivity index is 1.15. The molecule has 0 atom stereocenters. The maximum absolute atomic E-state index is 13.7. The van der Waals surface area contributed by atoms with E-state index in [0.29, 0.717) is 25.4 Å². The fourth-order valence-electron chi connectivity index (χ4n) is 5.26. The Morgan fingerprint density at radius 3 is 2.75 bits per heavy atom. The molecule has 8 heteroatoms. The van der Waals surface area contributed by atoms with Gasteiger partial charge in [-0.3, -0.25) is 9.78 Å². The van der Waals surface area contributed by atoms with Gasteiger partial charge in [-0.2, -0.15) is 0 Å². The van der Waals surface area contributed by atoms with E-state index in [9.17, 15) is 14.0 Å². The molecule has 2 aromatic rings. The van der Waals surface area contributed by atoms with Crippen LogP contribution in [0.5, 0.6) is 0 Å². The summed E-state index contributed by atoms with van der Waals surface area (Å²) in [6.07, 6.45) is 8.50. The zero-order chi connectivity index (χ0) is 22.1. The van der Waals surface area contributed by atoms with E-state index in [2.05, 4.69) is 4.98 Å². The van der Waals surface area contributed by atoms with E-state index in [1.807, 2.05) is 15.9 Å². The van der Waals surface area contributed by atoms with Gasteiger partial charge in [-0.25, -0.2) is 9.18 Å². The molecule has 1 aromatic heterocycles. The maximum Gasteiger partial charge on any atom is 0.410 e. The predicted molar refractivity (Wildman–Crippen MR) is 121 cm³/mol. The van der Waals surface area contributed by atoms with E-state index in [0.717, 1.165) is 54.3 Å². The van der Waals surface area contributed by atoms with Gasteiger partial charge in [-0.15, -0.1) is 11.8 Å². The van der Waals surface area contributed by atoms with Crippen molar-refractivity contribution >= 4 is 34.7 Å². The van der Waals surface area contributed by atoms with Gasteiger partial charge in [-0.1, -0.05) is 6.42 Å². The molecule has 32 heavy (non-hydrogen) atoms. The summed E-state index contributed by atoms with van der Waals surface area (Å²) in [4.78, 5) is 34.3. The van der Waals surface area contributed by atoms with Crippen LogP contribution in [0.2, 0.25) is 0 Å². The molecule has 1 aliphatic carbocycles. The van der Waals surface area contributed by atoms with Gasteiger partial charge >= 0.3 is 6.09 Å². The predicted octanol–water partition coefficient (Wildman–Crippen LogP) is 4.61. The van der Waals surface area contributed by atoms with Crippen molar-refractivity contribution in [1.29, 1.82) is 0 Å². The number of likely N-dealkylation sites (tertiary alicyclic amines) is 1. The first-order valence-corrected chi connectivity index (χ1v) is 12.5. The number of hydrogen-bond acceptors (Lipinski definition) is 5. The number of carbonyl (C=O) groups excluding carboxylic acids is 2. The van der Waals surface area contributed by atoms with Gasteiger partial charge in [0, 0.05) is 35.6 Å². The second-order valence-corrected chi connectivity index (χ2v) is 10.1. The Hall–Kier alpha value is -2.35. The van der Waals surface area contributed by atoms with Crippen LogP contribution in [-0.2, 0) is 9.53 Å². The highest BCUT2D eigenvalue weighted by Gasteiger charge is 2.48. The van der Waals surface area contributed by atoms with Crippen molar-refractivity contribution in [2.24, 2.45) is 0 Å². The monoisotopic (exact) mass is 457 g/mol. The van der Waals surface area contributed by atoms with E-state index in [1.54, 1.807) is 12.3 Å². The Kier molecular flexibility index (Phi) is 5.97. The third-order valence-corrected chi connectivity index (χ3v) is 8.09. The fourth-order valence-corrected chi connectivity index (χ4v) is 6.20. The van der Waals surface area contributed by atoms with Gasteiger partial charge in [0.2, 0.25) is 5.91 Å². The van der Waals surface area contributed by atoms with Crippen LogP contribution in [0.1, 0.15) is 44.9 Å². The number of rotatable bonds is 4. The Morgan fingerprint density at radius 1 is 1.19 bits per heavy atom. The van der Waals surface area contributed by atoms with Crippen molar-refractivity contribution in [3.8, 4) is 0 Å². The van der Waals surface area contributed by atoms with Crippen molar-refractivity contribution in [3.63, 3.8) is 0 Å². The maximum atomic E-state index is 13.7. The molecule has 1 saturated carbocycles. The van der Waals surface area contributed by atoms with Crippen LogP contribution < -0.4 is 0 Å². The number of piperidine rings is 1. The third-order valence-electron chi connectivity index (χ3n) is 7.03. The number of ether oxygens (including phenoxy) is 1. The topological polar surface area (TPSA) is 62.7 Å². The molecule has 3 aliphatic rings. The Bertz CT molecular complexity index is 1020. The van der Waals surface area contributed by atoms with Gasteiger partial charge in [-0.05, 0) is 62.8 Å². The zero-order valence-electron chi connectivity index (χ0n) is 18.1. The van der Waals surface area contributed by atoms with Crippen molar-refractivity contribution in [2.75, 3.05) is 25.4 Å². The number of hydrogen-bond donors (Lipinski definition) is 0. The molecule has 0 unspecified atom stereocenters. The van der Waals surface area contributed by atoms with Crippen LogP contribution in [0.4, 0.5) is 9.18 Å². The highest BCUT2D eigenvalue weighted by atomic mass is 32.2. The van der Waals surface area contributed by atoms with E-state index in [1.165, 1.54) is 30.3 Å². The lowest BCUT2D eigenvalue weighted by molar-refractivity contribution is -0.129. The van der Waals surface area contributed by atoms with Crippen LogP contribution in [0.3, 0.4) is 0 Å². The van der Waals surface area contributed by atoms with E-state index in [4.69, 9.17) is 4.74 Å². The second-order valence-electron chi connectivity index (χ2n) is 9.11. The largest absolute Gasteiger partial charge is 0.441 e. The molecule has 5 rings (SSSR count). The third kappa shape index (κ3) is 4.29. The quantitative estimate of drug-likeness (QED) is 0.628. The summed E-state index contributed by atoms with van der Waals surface area (Å²) >= 11 is 1.42. The Labute approximate surface area is 191 Å². The molecule has 3 heterocycles. The SMILES string of the molecule is O=C(CSc1ccnc2ccc(F)cc12)N1CCC(N2CC3(CCCCC3)OC2=O)CC1. The van der Waals surface area contributed by atoms with Crippen LogP contribution in [0, 0.1) is 5.82 Å². The van der Waals surface area contributed by atoms with Crippen LogP contribution in [0.15, 0.2) is 35.4 Å². The molecule has 1 spiro atoms. The molecule has 2 saturated heterocycles. The number of thioether (sulfide) groups is 1. The summed E-state index contributed by atoms with van der Waals surface area (Å²) in [5.74, 6) is 0.0635. The number of carbonyl (C=O) groups is 2. The minimum Gasteiger partial charge on any atom is -0.441 e. The van der Waals surface area contributed by atoms with Gasteiger partial charge in [0.15, 0.2) is 0 Å². The molecule has 0 radical (unpaired) electrons. The normalized spacial score (nSPS) is 21.3. The summed E-state index contributed by atoms with van der Waals surface area (Å²) in [5.41, 5.74) is 0.448. The lowest BCUT2D eigenvalue weighted by Crippen LogP contribution is -2.48. The Morgan fingerprint density at radius 2 is 1.97 bits per heavy atom. The smallest absolute Gasteiger partial charge is 0.410 e. The van der Waals surface area contributed by atoms with Gasteiger partial charge in [0.05, 0.1) is 17.8 Å². The highest BCUT2D eigenvalue weighted by molar-refractivity contribution is 8.00. The first kappa shape index (κ1) is 21.5. The van der Waals surface area contributed by atoms with Crippen molar-refractivity contribution in [3.05, 3.63) is 36.3 Å². The number of amides is 2. The van der Waals surface area contributed by atoms with Gasteiger partial charge in [0.25, 0.3) is 0 Å². The molecule has 170 valence electrons. The van der Waals surface area contributed by atoms with Gasteiger partial charge in [0.1, 0.15) is 11.4 Å². The molecule has 1 aromatic carbocycles. The molecule has 6 nitrogen and oxygen atoms in total. The lowest BCUT2D eigenvalue weighted by Gasteiger charge is -2.36. The molecular formula is C24H28FN3O3S. The first-order chi connectivity index (χ1) is 15.5. The number of aromatic nitrogens is 1. The number of fused-ring (bicyclic) bond motifs is 1. The average molecular weight is 458 g/mol. The summed E-state index contributed by atoms with van der Waals surface area (Å²) in [7, 11) is 0. The van der Waals surface area contributed by atoms with E-state index in [-0.39, 0.29) is 29.5 Å². The number of pyridine rings is 1. The summed E-state index contributed by atoms with van der Waals surface area (Å²) in [6.45, 7) is 1.99. The molecule has 0 N–H and O–H groups in total. The zero-order valence-corrected chi connectivity index (χ0v) is 18.9. The summed E-state index contributed by atoms with van der Waals surface area (Å²) in [6, 6.07) is 6.49. The van der Waals surface area contributed by atoms with Crippen molar-refractivity contribution < 1.29 is 18.7 Å². The van der Waals surface area contributed by atoms with E-state index >= 15 is 0 Å². The lowest BCUT2D eigenvalue weighted by atomic mass is 9.84. The first-order valence-electron chi connectivity index (χ1n) is 11.5. The number of benzene rings is 1. The number of nitrogens with zero attached hydrogens (tertiary/aromatic N) is 3. The molecule has 2 amide bonds. The van der Waals surface area contributed by atoms with Crippen molar-refractivity contribution in [1.82, 2.24) is 14.8 Å². The number of halogens is 1. The minimum absolute atomic E-state index is 0.0718. The second kappa shape index (κ2) is 8.89. The molecule has 0 bridgehead atoms. The highest BCUT2D eigenvalue weighted by Crippen LogP contribution is 2.39. The van der Waals surface area contributed by atoms with Crippen LogP contribution in [-0.4, -0.2) is 63.8 Å². The van der Waals surface area contributed by atoms with E-state index < -0.39 is 0 Å². The molecule has 3 fully saturated rings. The average Bonchev–Trinajstić information content (AvgIpc) is 3.13. The fraction of sp³-hybridized carbons (Fsp3) is 0.542.